The molecular formula is C24H22F4N2O6. The minimum absolute atomic E-state index is 0.0243. The van der Waals surface area contributed by atoms with Crippen LogP contribution in [0.4, 0.5) is 17.6 Å². The number of carbonyl (C=O) groups is 3. The molecule has 1 amide bonds. The Hall–Kier alpha value is -4.09. The van der Waals surface area contributed by atoms with Crippen LogP contribution in [0.2, 0.25) is 0 Å². The number of hydrogen-bond acceptors (Lipinski definition) is 5. The summed E-state index contributed by atoms with van der Waals surface area (Å²) < 4.78 is 61.9. The Bertz CT molecular complexity index is 1340. The summed E-state index contributed by atoms with van der Waals surface area (Å²) in [6.07, 6.45) is -5.24. The van der Waals surface area contributed by atoms with Gasteiger partial charge in [0.25, 0.3) is 5.91 Å². The molecule has 0 fully saturated rings. The molecule has 0 aliphatic rings. The van der Waals surface area contributed by atoms with Crippen LogP contribution in [0, 0.1) is 12.7 Å². The fraction of sp³-hybridized carbons (Fsp3) is 0.292. The normalized spacial score (nSPS) is 11.9. The summed E-state index contributed by atoms with van der Waals surface area (Å²) in [4.78, 5) is 37.4. The van der Waals surface area contributed by atoms with Crippen LogP contribution < -0.4 is 14.8 Å². The first-order valence-electron chi connectivity index (χ1n) is 10.5. The fourth-order valence-corrected chi connectivity index (χ4v) is 3.66. The van der Waals surface area contributed by atoms with Crippen LogP contribution in [0.1, 0.15) is 35.5 Å². The van der Waals surface area contributed by atoms with Gasteiger partial charge in [0.15, 0.2) is 11.6 Å². The maximum atomic E-state index is 14.6. The second-order valence-electron chi connectivity index (χ2n) is 8.44. The SMILES string of the molecule is COc1cc2c(CC(=O)NC(C)(C)C(=O)O)c(C)n(C(=O)c3ccc(OC(F)(F)F)cc3)c2cc1F. The van der Waals surface area contributed by atoms with Crippen LogP contribution in [0.5, 0.6) is 11.5 Å². The number of methoxy groups -OCH3 is 1. The molecule has 0 spiro atoms. The molecule has 0 unspecified atom stereocenters. The Balaban J connectivity index is 2.08. The van der Waals surface area contributed by atoms with E-state index in [0.29, 0.717) is 10.9 Å². The van der Waals surface area contributed by atoms with Crippen molar-refractivity contribution in [2.75, 3.05) is 7.11 Å². The van der Waals surface area contributed by atoms with E-state index in [9.17, 15) is 37.1 Å². The van der Waals surface area contributed by atoms with Gasteiger partial charge in [0, 0.05) is 22.7 Å². The van der Waals surface area contributed by atoms with Gasteiger partial charge in [-0.2, -0.15) is 0 Å². The van der Waals surface area contributed by atoms with E-state index in [-0.39, 0.29) is 28.9 Å². The van der Waals surface area contributed by atoms with Crippen LogP contribution >= 0.6 is 0 Å². The predicted molar refractivity (Wildman–Crippen MR) is 120 cm³/mol. The number of nitrogens with zero attached hydrogens (tertiary/aromatic N) is 1. The van der Waals surface area contributed by atoms with E-state index >= 15 is 0 Å². The topological polar surface area (TPSA) is 107 Å². The largest absolute Gasteiger partial charge is 0.573 e. The molecule has 192 valence electrons. The number of benzene rings is 2. The highest BCUT2D eigenvalue weighted by Crippen LogP contribution is 2.33. The number of rotatable bonds is 7. The number of halogens is 4. The summed E-state index contributed by atoms with van der Waals surface area (Å²) in [5, 5.41) is 12.0. The summed E-state index contributed by atoms with van der Waals surface area (Å²) in [5.74, 6) is -4.07. The number of amides is 1. The summed E-state index contributed by atoms with van der Waals surface area (Å²) in [6, 6.07) is 6.53. The van der Waals surface area contributed by atoms with Crippen molar-refractivity contribution in [3.05, 3.63) is 59.0 Å². The highest BCUT2D eigenvalue weighted by atomic mass is 19.4. The predicted octanol–water partition coefficient (Wildman–Crippen LogP) is 4.21. The number of nitrogens with one attached hydrogen (secondary N) is 1. The van der Waals surface area contributed by atoms with Crippen LogP contribution in [0.15, 0.2) is 36.4 Å². The van der Waals surface area contributed by atoms with Crippen molar-refractivity contribution in [3.8, 4) is 11.5 Å². The number of fused-ring (bicyclic) bond motifs is 1. The number of aromatic nitrogens is 1. The van der Waals surface area contributed by atoms with Crippen molar-refractivity contribution in [2.45, 2.75) is 39.1 Å². The first kappa shape index (κ1) is 26.5. The maximum Gasteiger partial charge on any atom is 0.573 e. The monoisotopic (exact) mass is 510 g/mol. The van der Waals surface area contributed by atoms with E-state index < -0.39 is 41.3 Å². The third-order valence-electron chi connectivity index (χ3n) is 5.47. The van der Waals surface area contributed by atoms with E-state index in [1.165, 1.54) is 33.9 Å². The van der Waals surface area contributed by atoms with Crippen molar-refractivity contribution in [1.82, 2.24) is 9.88 Å². The number of hydrogen-bond donors (Lipinski definition) is 2. The van der Waals surface area contributed by atoms with Gasteiger partial charge in [-0.15, -0.1) is 13.2 Å². The smallest absolute Gasteiger partial charge is 0.494 e. The Morgan fingerprint density at radius 1 is 1.08 bits per heavy atom. The molecule has 0 bridgehead atoms. The molecule has 8 nitrogen and oxygen atoms in total. The number of aliphatic carboxylic acids is 1. The van der Waals surface area contributed by atoms with Crippen molar-refractivity contribution in [2.24, 2.45) is 0 Å². The third-order valence-corrected chi connectivity index (χ3v) is 5.47. The lowest BCUT2D eigenvalue weighted by Gasteiger charge is -2.21. The third kappa shape index (κ3) is 5.42. The van der Waals surface area contributed by atoms with E-state index in [1.54, 1.807) is 0 Å². The van der Waals surface area contributed by atoms with Gasteiger partial charge in [-0.1, -0.05) is 0 Å². The molecule has 0 saturated carbocycles. The minimum atomic E-state index is -4.90. The number of ether oxygens (including phenoxy) is 2. The number of carbonyl (C=O) groups excluding carboxylic acids is 2. The minimum Gasteiger partial charge on any atom is -0.494 e. The molecule has 0 aliphatic carbocycles. The molecule has 2 aromatic carbocycles. The van der Waals surface area contributed by atoms with E-state index in [0.717, 1.165) is 34.9 Å². The molecule has 36 heavy (non-hydrogen) atoms. The van der Waals surface area contributed by atoms with Crippen LogP contribution in [0.3, 0.4) is 0 Å². The van der Waals surface area contributed by atoms with Gasteiger partial charge >= 0.3 is 12.3 Å². The summed E-state index contributed by atoms with van der Waals surface area (Å²) >= 11 is 0. The van der Waals surface area contributed by atoms with Crippen molar-refractivity contribution in [1.29, 1.82) is 0 Å². The highest BCUT2D eigenvalue weighted by molar-refractivity contribution is 6.05. The first-order valence-corrected chi connectivity index (χ1v) is 10.5. The van der Waals surface area contributed by atoms with E-state index in [4.69, 9.17) is 4.74 Å². The second kappa shape index (κ2) is 9.51. The van der Waals surface area contributed by atoms with E-state index in [1.807, 2.05) is 0 Å². The highest BCUT2D eigenvalue weighted by Gasteiger charge is 2.32. The van der Waals surface area contributed by atoms with E-state index in [2.05, 4.69) is 10.1 Å². The quantitative estimate of drug-likeness (QED) is 0.462. The average molecular weight is 510 g/mol. The maximum absolute atomic E-state index is 14.6. The Labute approximate surface area is 202 Å². The molecule has 0 aliphatic heterocycles. The molecule has 12 heteroatoms. The molecule has 2 N–H and O–H groups in total. The lowest BCUT2D eigenvalue weighted by atomic mass is 10.0. The van der Waals surface area contributed by atoms with Gasteiger partial charge in [0.1, 0.15) is 11.3 Å². The molecule has 3 aromatic rings. The number of carboxylic acid groups (broad SMARTS) is 1. The second-order valence-corrected chi connectivity index (χ2v) is 8.44. The Morgan fingerprint density at radius 3 is 2.22 bits per heavy atom. The standard InChI is InChI=1S/C24H22F4N2O6/c1-12-15(10-20(31)29-23(2,3)22(33)34)16-9-19(35-4)17(25)11-18(16)30(12)21(32)13-5-7-14(8-6-13)36-24(26,27)28/h5-9,11H,10H2,1-4H3,(H,29,31)(H,33,34). The summed E-state index contributed by atoms with van der Waals surface area (Å²) in [6.45, 7) is 4.11. The number of carboxylic acids is 1. The van der Waals surface area contributed by atoms with Crippen molar-refractivity contribution in [3.63, 3.8) is 0 Å². The molecule has 1 aromatic heterocycles. The van der Waals surface area contributed by atoms with Crippen LogP contribution in [0.25, 0.3) is 10.9 Å². The zero-order chi connectivity index (χ0) is 27.0. The van der Waals surface area contributed by atoms with Crippen molar-refractivity contribution < 1.29 is 46.5 Å². The average Bonchev–Trinajstić information content (AvgIpc) is 3.01. The number of alkyl halides is 3. The lowest BCUT2D eigenvalue weighted by molar-refractivity contribution is -0.274. The van der Waals surface area contributed by atoms with Gasteiger partial charge < -0.3 is 19.9 Å². The zero-order valence-corrected chi connectivity index (χ0v) is 19.6. The fourth-order valence-electron chi connectivity index (χ4n) is 3.66. The summed E-state index contributed by atoms with van der Waals surface area (Å²) in [5.41, 5.74) is -0.937. The zero-order valence-electron chi connectivity index (χ0n) is 19.6. The Morgan fingerprint density at radius 2 is 1.69 bits per heavy atom. The van der Waals surface area contributed by atoms with Crippen LogP contribution in [-0.2, 0) is 16.0 Å². The van der Waals surface area contributed by atoms with Crippen molar-refractivity contribution >= 4 is 28.7 Å². The van der Waals surface area contributed by atoms with Gasteiger partial charge in [0.05, 0.1) is 19.0 Å². The molecular weight excluding hydrogens is 488 g/mol. The molecule has 3 rings (SSSR count). The van der Waals surface area contributed by atoms with Crippen LogP contribution in [-0.4, -0.2) is 46.5 Å². The Kier molecular flexibility index (Phi) is 7.01. The molecule has 1 heterocycles. The van der Waals surface area contributed by atoms with Gasteiger partial charge in [-0.3, -0.25) is 14.2 Å². The van der Waals surface area contributed by atoms with Gasteiger partial charge in [-0.25, -0.2) is 9.18 Å². The summed E-state index contributed by atoms with van der Waals surface area (Å²) in [7, 11) is 1.24. The van der Waals surface area contributed by atoms with Gasteiger partial charge in [-0.05, 0) is 56.7 Å². The lowest BCUT2D eigenvalue weighted by Crippen LogP contribution is -2.50. The molecule has 0 saturated heterocycles. The molecule has 0 radical (unpaired) electrons. The first-order chi connectivity index (χ1) is 16.6. The molecule has 0 atom stereocenters. The van der Waals surface area contributed by atoms with Gasteiger partial charge in [0.2, 0.25) is 5.91 Å².